The minimum atomic E-state index is -5.17. The molecule has 0 unspecified atom stereocenters. The second kappa shape index (κ2) is 17.2. The molecule has 0 amide bonds. The third-order valence-electron chi connectivity index (χ3n) is 0. The van der Waals surface area contributed by atoms with Crippen molar-refractivity contribution in [1.82, 2.24) is 0 Å². The summed E-state index contributed by atoms with van der Waals surface area (Å²) in [7, 11) is -10.3. The zero-order valence-electron chi connectivity index (χ0n) is 7.29. The van der Waals surface area contributed by atoms with Gasteiger partial charge in [-0.15, -0.1) is 0 Å². The van der Waals surface area contributed by atoms with E-state index in [0.717, 1.165) is 0 Å². The summed E-state index contributed by atoms with van der Waals surface area (Å²) in [5.74, 6) is 0. The van der Waals surface area contributed by atoms with Crippen LogP contribution < -0.4 is 103 Å². The van der Waals surface area contributed by atoms with Crippen LogP contribution in [-0.2, 0) is 20.8 Å². The van der Waals surface area contributed by atoms with Gasteiger partial charge in [0, 0.05) is 20.8 Å². The second-order valence-electron chi connectivity index (χ2n) is 0.816. The van der Waals surface area contributed by atoms with E-state index < -0.39 is 20.8 Å². The van der Waals surface area contributed by atoms with E-state index in [1.165, 1.54) is 0 Å². The van der Waals surface area contributed by atoms with E-state index in [-0.39, 0.29) is 146 Å². The molecule has 0 bridgehead atoms. The summed E-state index contributed by atoms with van der Waals surface area (Å²) < 4.78 is 68.2. The van der Waals surface area contributed by atoms with Crippen LogP contribution in [0, 0.1) is 0 Å². The van der Waals surface area contributed by atoms with Crippen molar-refractivity contribution in [2.75, 3.05) is 0 Å². The van der Waals surface area contributed by atoms with Gasteiger partial charge in [0.05, 0.1) is 0 Å². The van der Waals surface area contributed by atoms with Crippen LogP contribution in [0.2, 0.25) is 0 Å². The Morgan fingerprint density at radius 2 is 0.643 bits per heavy atom. The molecule has 0 aromatic heterocycles. The van der Waals surface area contributed by atoms with Crippen LogP contribution in [0.25, 0.3) is 0 Å². The maximum absolute atomic E-state index is 8.52. The molecular formula is H2CaK2O9S2. The molecule has 2 N–H and O–H groups in total. The first-order valence-corrected chi connectivity index (χ1v) is 4.00. The Hall–Kier alpha value is 4.23. The van der Waals surface area contributed by atoms with Gasteiger partial charge in [-0.2, -0.15) is 0 Å². The minimum absolute atomic E-state index is 0. The first-order chi connectivity index (χ1) is 4.00. The molecule has 0 aliphatic rings. The molecule has 0 radical (unpaired) electrons. The van der Waals surface area contributed by atoms with Crippen molar-refractivity contribution in [2.24, 2.45) is 0 Å². The largest absolute Gasteiger partial charge is 2.00 e. The Morgan fingerprint density at radius 3 is 0.643 bits per heavy atom. The van der Waals surface area contributed by atoms with Crippen molar-refractivity contribution >= 4 is 58.5 Å². The number of hydrogen-bond donors (Lipinski definition) is 0. The van der Waals surface area contributed by atoms with Crippen LogP contribution in [-0.4, -0.2) is 78.3 Å². The summed E-state index contributed by atoms with van der Waals surface area (Å²) in [6.45, 7) is 0. The summed E-state index contributed by atoms with van der Waals surface area (Å²) in [6.07, 6.45) is 0. The van der Waals surface area contributed by atoms with Gasteiger partial charge in [0.25, 0.3) is 0 Å². The molecule has 72 valence electrons. The van der Waals surface area contributed by atoms with Gasteiger partial charge in [-0.3, -0.25) is 16.8 Å². The van der Waals surface area contributed by atoms with E-state index in [0.29, 0.717) is 0 Å². The van der Waals surface area contributed by atoms with Crippen LogP contribution in [0.15, 0.2) is 0 Å². The molecule has 0 saturated carbocycles. The third-order valence-corrected chi connectivity index (χ3v) is 0. The average molecular weight is 328 g/mol. The second-order valence-corrected chi connectivity index (χ2v) is 2.45. The van der Waals surface area contributed by atoms with E-state index in [1.54, 1.807) is 0 Å². The monoisotopic (exact) mass is 328 g/mol. The topological polar surface area (TPSA) is 192 Å². The summed E-state index contributed by atoms with van der Waals surface area (Å²) in [5.41, 5.74) is 0. The minimum Gasteiger partial charge on any atom is -0.759 e. The quantitative estimate of drug-likeness (QED) is 0.237. The molecule has 0 rings (SSSR count). The summed E-state index contributed by atoms with van der Waals surface area (Å²) in [4.78, 5) is 0. The first kappa shape index (κ1) is 36.2. The van der Waals surface area contributed by atoms with Gasteiger partial charge in [-0.05, 0) is 0 Å². The molecule has 0 spiro atoms. The smallest absolute Gasteiger partial charge is 0.759 e. The fourth-order valence-corrected chi connectivity index (χ4v) is 0. The van der Waals surface area contributed by atoms with Crippen LogP contribution >= 0.6 is 0 Å². The van der Waals surface area contributed by atoms with E-state index in [9.17, 15) is 0 Å². The van der Waals surface area contributed by atoms with Gasteiger partial charge in [-0.25, -0.2) is 0 Å². The fourth-order valence-electron chi connectivity index (χ4n) is 0. The molecule has 9 nitrogen and oxygen atoms in total. The van der Waals surface area contributed by atoms with Crippen molar-refractivity contribution in [3.63, 3.8) is 0 Å². The maximum Gasteiger partial charge on any atom is 2.00 e. The van der Waals surface area contributed by atoms with E-state index in [2.05, 4.69) is 0 Å². The maximum atomic E-state index is 8.52. The molecule has 0 aliphatic heterocycles. The van der Waals surface area contributed by atoms with Gasteiger partial charge in [-0.1, -0.05) is 0 Å². The Balaban J connectivity index is -0.0000000178. The number of hydrogen-bond acceptors (Lipinski definition) is 8. The summed E-state index contributed by atoms with van der Waals surface area (Å²) in [6, 6.07) is 0. The van der Waals surface area contributed by atoms with Crippen molar-refractivity contribution in [2.45, 2.75) is 0 Å². The summed E-state index contributed by atoms with van der Waals surface area (Å²) in [5, 5.41) is 0. The molecule has 0 heterocycles. The standard InChI is InChI=1S/Ca.2K.2H2O4S.H2O/c;;;2*1-5(2,3)4;/h;;;2*(H2,1,2,3,4);1H2/q+2;2*+1;;;/p-4. The molecule has 14 heteroatoms. The van der Waals surface area contributed by atoms with Crippen LogP contribution in [0.5, 0.6) is 0 Å². The predicted molar refractivity (Wildman–Crippen MR) is 30.3 cm³/mol. The Morgan fingerprint density at radius 1 is 0.643 bits per heavy atom. The molecule has 0 saturated heterocycles. The van der Waals surface area contributed by atoms with E-state index >= 15 is 0 Å². The molecule has 0 fully saturated rings. The van der Waals surface area contributed by atoms with Crippen molar-refractivity contribution in [3.05, 3.63) is 0 Å². The molecule has 14 heavy (non-hydrogen) atoms. The van der Waals surface area contributed by atoms with Crippen LogP contribution in [0.3, 0.4) is 0 Å². The SMILES string of the molecule is O.O=S(=O)([O-])[O-].O=S(=O)([O-])[O-].[Ca+2].[K+].[K+]. The van der Waals surface area contributed by atoms with Gasteiger partial charge in [0.2, 0.25) is 0 Å². The van der Waals surface area contributed by atoms with E-state index in [1.807, 2.05) is 0 Å². The first-order valence-electron chi connectivity index (χ1n) is 1.33. The zero-order chi connectivity index (χ0) is 9.00. The Bertz CT molecular complexity index is 217. The van der Waals surface area contributed by atoms with Gasteiger partial charge < -0.3 is 23.7 Å². The Labute approximate surface area is 196 Å². The molecule has 0 atom stereocenters. The van der Waals surface area contributed by atoms with Gasteiger partial charge >= 0.3 is 141 Å². The van der Waals surface area contributed by atoms with Crippen LogP contribution in [0.1, 0.15) is 0 Å². The molecule has 0 aromatic carbocycles. The van der Waals surface area contributed by atoms with Gasteiger partial charge in [0.15, 0.2) is 0 Å². The summed E-state index contributed by atoms with van der Waals surface area (Å²) >= 11 is 0. The predicted octanol–water partition coefficient (Wildman–Crippen LogP) is -9.87. The normalized spacial score (nSPS) is 8.29. The van der Waals surface area contributed by atoms with Crippen molar-refractivity contribution < 1.29 is 143 Å². The van der Waals surface area contributed by atoms with Crippen molar-refractivity contribution in [1.29, 1.82) is 0 Å². The molecule has 0 aromatic rings. The van der Waals surface area contributed by atoms with Crippen LogP contribution in [0.4, 0.5) is 0 Å². The number of rotatable bonds is 0. The van der Waals surface area contributed by atoms with Gasteiger partial charge in [0.1, 0.15) is 0 Å². The zero-order valence-corrected chi connectivity index (χ0v) is 17.4. The molecule has 0 aliphatic carbocycles. The third kappa shape index (κ3) is 210. The fraction of sp³-hybridized carbons (Fsp3) is 0. The van der Waals surface area contributed by atoms with E-state index in [4.69, 9.17) is 35.0 Å². The average Bonchev–Trinajstić information content (AvgIpc) is 1.12. The molecular weight excluding hydrogens is 326 g/mol. The van der Waals surface area contributed by atoms with Crippen molar-refractivity contribution in [3.8, 4) is 0 Å². The Kier molecular flexibility index (Phi) is 44.5.